The highest BCUT2D eigenvalue weighted by atomic mass is 16.5. The number of nitrogens with one attached hydrogen (secondary N) is 1. The van der Waals surface area contributed by atoms with E-state index in [2.05, 4.69) is 41.4 Å². The minimum atomic E-state index is 0.768. The Morgan fingerprint density at radius 3 is 2.47 bits per heavy atom. The van der Waals surface area contributed by atoms with E-state index in [4.69, 9.17) is 4.74 Å². The molecule has 0 atom stereocenters. The third kappa shape index (κ3) is 4.22. The topological polar surface area (TPSA) is 24.5 Å². The molecule has 1 saturated heterocycles. The van der Waals surface area contributed by atoms with E-state index in [9.17, 15) is 0 Å². The molecule has 1 N–H and O–H groups in total. The lowest BCUT2D eigenvalue weighted by Crippen LogP contribution is -2.43. The molecule has 0 bridgehead atoms. The second-order valence-electron chi connectivity index (χ2n) is 5.21. The fourth-order valence-corrected chi connectivity index (χ4v) is 2.84. The summed E-state index contributed by atoms with van der Waals surface area (Å²) in [5.41, 5.74) is 1.40. The Morgan fingerprint density at radius 1 is 1.21 bits per heavy atom. The fraction of sp³-hybridized carbons (Fsp3) is 0.625. The molecule has 0 radical (unpaired) electrons. The molecule has 19 heavy (non-hydrogen) atoms. The minimum Gasteiger partial charge on any atom is -0.497 e. The lowest BCUT2D eigenvalue weighted by molar-refractivity contribution is 0.172. The Labute approximate surface area is 116 Å². The summed E-state index contributed by atoms with van der Waals surface area (Å²) in [5, 5.41) is 3.44. The molecule has 1 aromatic rings. The van der Waals surface area contributed by atoms with Crippen molar-refractivity contribution in [3.05, 3.63) is 29.8 Å². The van der Waals surface area contributed by atoms with Gasteiger partial charge in [-0.05, 0) is 56.6 Å². The van der Waals surface area contributed by atoms with Crippen molar-refractivity contribution in [3.8, 4) is 5.75 Å². The number of ether oxygens (including phenoxy) is 1. The van der Waals surface area contributed by atoms with E-state index in [1.165, 1.54) is 31.5 Å². The number of likely N-dealkylation sites (N-methyl/N-ethyl adjacent to an activating group) is 1. The van der Waals surface area contributed by atoms with Crippen molar-refractivity contribution >= 4 is 0 Å². The number of benzene rings is 1. The fourth-order valence-electron chi connectivity index (χ4n) is 2.84. The summed E-state index contributed by atoms with van der Waals surface area (Å²) in [5.74, 6) is 0.939. The van der Waals surface area contributed by atoms with Crippen LogP contribution in [0.15, 0.2) is 24.3 Å². The van der Waals surface area contributed by atoms with Gasteiger partial charge in [-0.2, -0.15) is 0 Å². The highest BCUT2D eigenvalue weighted by Crippen LogP contribution is 2.15. The Morgan fingerprint density at radius 2 is 1.89 bits per heavy atom. The lowest BCUT2D eigenvalue weighted by Gasteiger charge is -2.33. The molecular formula is C16H26N2O. The molecule has 0 amide bonds. The maximum absolute atomic E-state index is 5.19. The summed E-state index contributed by atoms with van der Waals surface area (Å²) < 4.78 is 5.19. The zero-order chi connectivity index (χ0) is 13.5. The predicted molar refractivity (Wildman–Crippen MR) is 79.8 cm³/mol. The summed E-state index contributed by atoms with van der Waals surface area (Å²) in [4.78, 5) is 2.63. The number of nitrogens with zero attached hydrogens (tertiary/aromatic N) is 1. The van der Waals surface area contributed by atoms with Gasteiger partial charge < -0.3 is 15.0 Å². The van der Waals surface area contributed by atoms with Gasteiger partial charge in [0.05, 0.1) is 7.11 Å². The Hall–Kier alpha value is -1.06. The summed E-state index contributed by atoms with van der Waals surface area (Å²) in [7, 11) is 1.71. The van der Waals surface area contributed by atoms with Crippen molar-refractivity contribution in [2.75, 3.05) is 33.3 Å². The van der Waals surface area contributed by atoms with Crippen LogP contribution in [0.5, 0.6) is 5.75 Å². The smallest absolute Gasteiger partial charge is 0.118 e. The summed E-state index contributed by atoms with van der Waals surface area (Å²) in [6, 6.07) is 9.22. The SMILES string of the molecule is CCN(CCc1ccc(OC)cc1)C1CCNCC1. The zero-order valence-electron chi connectivity index (χ0n) is 12.2. The molecule has 106 valence electrons. The summed E-state index contributed by atoms with van der Waals surface area (Å²) >= 11 is 0. The van der Waals surface area contributed by atoms with E-state index >= 15 is 0 Å². The van der Waals surface area contributed by atoms with Gasteiger partial charge >= 0.3 is 0 Å². The van der Waals surface area contributed by atoms with Crippen molar-refractivity contribution < 1.29 is 4.74 Å². The summed E-state index contributed by atoms with van der Waals surface area (Å²) in [6.07, 6.45) is 3.70. The first-order valence-corrected chi connectivity index (χ1v) is 7.41. The van der Waals surface area contributed by atoms with Crippen molar-refractivity contribution in [3.63, 3.8) is 0 Å². The third-order valence-corrected chi connectivity index (χ3v) is 4.08. The molecule has 0 unspecified atom stereocenters. The molecule has 0 aliphatic carbocycles. The van der Waals surface area contributed by atoms with Crippen LogP contribution in [-0.4, -0.2) is 44.2 Å². The van der Waals surface area contributed by atoms with Crippen LogP contribution in [0.1, 0.15) is 25.3 Å². The molecule has 0 spiro atoms. The van der Waals surface area contributed by atoms with Crippen molar-refractivity contribution in [2.24, 2.45) is 0 Å². The molecule has 1 aliphatic heterocycles. The van der Waals surface area contributed by atoms with E-state index in [0.29, 0.717) is 0 Å². The predicted octanol–water partition coefficient (Wildman–Crippen LogP) is 2.31. The highest BCUT2D eigenvalue weighted by Gasteiger charge is 2.18. The molecule has 3 heteroatoms. The van der Waals surface area contributed by atoms with Gasteiger partial charge in [0, 0.05) is 12.6 Å². The molecule has 1 fully saturated rings. The number of rotatable bonds is 6. The molecular weight excluding hydrogens is 236 g/mol. The van der Waals surface area contributed by atoms with Gasteiger partial charge in [-0.15, -0.1) is 0 Å². The van der Waals surface area contributed by atoms with Crippen molar-refractivity contribution in [1.29, 1.82) is 0 Å². The molecule has 1 aromatic carbocycles. The zero-order valence-corrected chi connectivity index (χ0v) is 12.2. The number of hydrogen-bond donors (Lipinski definition) is 1. The Bertz CT molecular complexity index is 358. The second-order valence-corrected chi connectivity index (χ2v) is 5.21. The lowest BCUT2D eigenvalue weighted by atomic mass is 10.0. The van der Waals surface area contributed by atoms with Gasteiger partial charge in [0.2, 0.25) is 0 Å². The number of piperidine rings is 1. The van der Waals surface area contributed by atoms with Crippen LogP contribution < -0.4 is 10.1 Å². The number of hydrogen-bond acceptors (Lipinski definition) is 3. The maximum Gasteiger partial charge on any atom is 0.118 e. The average Bonchev–Trinajstić information content (AvgIpc) is 2.49. The van der Waals surface area contributed by atoms with Crippen LogP contribution in [-0.2, 0) is 6.42 Å². The van der Waals surface area contributed by atoms with Gasteiger partial charge in [-0.3, -0.25) is 0 Å². The van der Waals surface area contributed by atoms with E-state index in [0.717, 1.165) is 31.3 Å². The quantitative estimate of drug-likeness (QED) is 0.851. The van der Waals surface area contributed by atoms with Crippen molar-refractivity contribution in [1.82, 2.24) is 10.2 Å². The van der Waals surface area contributed by atoms with E-state index < -0.39 is 0 Å². The van der Waals surface area contributed by atoms with Gasteiger partial charge in [-0.1, -0.05) is 19.1 Å². The molecule has 3 nitrogen and oxygen atoms in total. The standard InChI is InChI=1S/C16H26N2O/c1-3-18(15-8-11-17-12-9-15)13-10-14-4-6-16(19-2)7-5-14/h4-7,15,17H,3,8-13H2,1-2H3. The van der Waals surface area contributed by atoms with Crippen LogP contribution in [0.3, 0.4) is 0 Å². The van der Waals surface area contributed by atoms with E-state index in [1.807, 2.05) is 0 Å². The second kappa shape index (κ2) is 7.51. The molecule has 0 aromatic heterocycles. The Balaban J connectivity index is 1.84. The first kappa shape index (κ1) is 14.4. The number of methoxy groups -OCH3 is 1. The van der Waals surface area contributed by atoms with Crippen LogP contribution in [0.25, 0.3) is 0 Å². The molecule has 0 saturated carbocycles. The third-order valence-electron chi connectivity index (χ3n) is 4.08. The van der Waals surface area contributed by atoms with Gasteiger partial charge in [0.25, 0.3) is 0 Å². The largest absolute Gasteiger partial charge is 0.497 e. The van der Waals surface area contributed by atoms with Crippen LogP contribution in [0.2, 0.25) is 0 Å². The van der Waals surface area contributed by atoms with Crippen LogP contribution >= 0.6 is 0 Å². The van der Waals surface area contributed by atoms with Gasteiger partial charge in [-0.25, -0.2) is 0 Å². The summed E-state index contributed by atoms with van der Waals surface area (Å²) in [6.45, 7) is 6.93. The molecule has 1 aliphatic rings. The van der Waals surface area contributed by atoms with E-state index in [-0.39, 0.29) is 0 Å². The maximum atomic E-state index is 5.19. The van der Waals surface area contributed by atoms with Crippen LogP contribution in [0, 0.1) is 0 Å². The highest BCUT2D eigenvalue weighted by molar-refractivity contribution is 5.27. The average molecular weight is 262 g/mol. The van der Waals surface area contributed by atoms with Crippen molar-refractivity contribution in [2.45, 2.75) is 32.2 Å². The van der Waals surface area contributed by atoms with E-state index in [1.54, 1.807) is 7.11 Å². The Kier molecular flexibility index (Phi) is 5.67. The van der Waals surface area contributed by atoms with Gasteiger partial charge in [0.1, 0.15) is 5.75 Å². The monoisotopic (exact) mass is 262 g/mol. The first-order valence-electron chi connectivity index (χ1n) is 7.41. The molecule has 1 heterocycles. The normalized spacial score (nSPS) is 16.8. The first-order chi connectivity index (χ1) is 9.33. The minimum absolute atomic E-state index is 0.768. The van der Waals surface area contributed by atoms with Crippen LogP contribution in [0.4, 0.5) is 0 Å². The van der Waals surface area contributed by atoms with Gasteiger partial charge in [0.15, 0.2) is 0 Å². The molecule has 2 rings (SSSR count).